The molecule has 1 aromatic rings. The fourth-order valence-electron chi connectivity index (χ4n) is 2.75. The van der Waals surface area contributed by atoms with E-state index in [9.17, 15) is 4.79 Å². The van der Waals surface area contributed by atoms with Crippen LogP contribution in [0, 0.1) is 0 Å². The molecule has 2 amide bonds. The highest BCUT2D eigenvalue weighted by atomic mass is 16.2. The van der Waals surface area contributed by atoms with Crippen LogP contribution in [0.15, 0.2) is 24.4 Å². The van der Waals surface area contributed by atoms with Crippen molar-refractivity contribution < 1.29 is 4.79 Å². The van der Waals surface area contributed by atoms with Gasteiger partial charge in [-0.1, -0.05) is 32.3 Å². The van der Waals surface area contributed by atoms with Crippen LogP contribution < -0.4 is 10.2 Å². The molecule has 1 saturated heterocycles. The highest BCUT2D eigenvalue weighted by molar-refractivity contribution is 5.74. The summed E-state index contributed by atoms with van der Waals surface area (Å²) in [5, 5.41) is 3.12. The van der Waals surface area contributed by atoms with E-state index in [1.54, 1.807) is 0 Å². The third-order valence-corrected chi connectivity index (χ3v) is 4.15. The average molecular weight is 304 g/mol. The normalized spacial score (nSPS) is 16.5. The van der Waals surface area contributed by atoms with Gasteiger partial charge in [0, 0.05) is 38.4 Å². The number of nitrogens with one attached hydrogen (secondary N) is 1. The summed E-state index contributed by atoms with van der Waals surface area (Å²) in [6, 6.07) is 6.27. The summed E-state index contributed by atoms with van der Waals surface area (Å²) < 4.78 is 0. The van der Waals surface area contributed by atoms with E-state index in [1.165, 1.54) is 19.3 Å². The molecule has 1 atom stereocenters. The van der Waals surface area contributed by atoms with E-state index in [2.05, 4.69) is 29.0 Å². The zero-order valence-electron chi connectivity index (χ0n) is 13.8. The summed E-state index contributed by atoms with van der Waals surface area (Å²) in [6.45, 7) is 7.49. The Balaban J connectivity index is 1.73. The third kappa shape index (κ3) is 4.90. The van der Waals surface area contributed by atoms with Crippen molar-refractivity contribution in [2.75, 3.05) is 31.1 Å². The molecule has 0 aliphatic carbocycles. The van der Waals surface area contributed by atoms with Gasteiger partial charge < -0.3 is 15.1 Å². The zero-order chi connectivity index (χ0) is 15.8. The van der Waals surface area contributed by atoms with E-state index in [0.717, 1.165) is 38.4 Å². The molecule has 1 unspecified atom stereocenters. The minimum Gasteiger partial charge on any atom is -0.353 e. The van der Waals surface area contributed by atoms with Crippen LogP contribution >= 0.6 is 0 Å². The van der Waals surface area contributed by atoms with E-state index >= 15 is 0 Å². The van der Waals surface area contributed by atoms with Crippen molar-refractivity contribution in [1.82, 2.24) is 15.2 Å². The Morgan fingerprint density at radius 1 is 1.27 bits per heavy atom. The molecule has 0 radical (unpaired) electrons. The van der Waals surface area contributed by atoms with Gasteiger partial charge in [0.2, 0.25) is 0 Å². The number of carbonyl (C=O) groups is 1. The number of amides is 2. The fourth-order valence-corrected chi connectivity index (χ4v) is 2.75. The molecule has 0 aromatic carbocycles. The molecule has 0 spiro atoms. The van der Waals surface area contributed by atoms with Gasteiger partial charge in [-0.05, 0) is 25.5 Å². The van der Waals surface area contributed by atoms with Crippen molar-refractivity contribution in [2.45, 2.75) is 45.6 Å². The number of piperazine rings is 1. The second kappa shape index (κ2) is 8.61. The quantitative estimate of drug-likeness (QED) is 0.822. The van der Waals surface area contributed by atoms with Gasteiger partial charge in [0.25, 0.3) is 0 Å². The number of hydrogen-bond donors (Lipinski definition) is 1. The van der Waals surface area contributed by atoms with Crippen LogP contribution in [0.4, 0.5) is 10.6 Å². The van der Waals surface area contributed by atoms with Gasteiger partial charge in [0.15, 0.2) is 0 Å². The molecule has 2 heterocycles. The van der Waals surface area contributed by atoms with Crippen molar-refractivity contribution in [2.24, 2.45) is 0 Å². The van der Waals surface area contributed by atoms with Gasteiger partial charge >= 0.3 is 6.03 Å². The second-order valence-electron chi connectivity index (χ2n) is 6.01. The Morgan fingerprint density at radius 3 is 2.68 bits per heavy atom. The molecular weight excluding hydrogens is 276 g/mol. The van der Waals surface area contributed by atoms with Crippen molar-refractivity contribution in [1.29, 1.82) is 0 Å². The molecule has 1 N–H and O–H groups in total. The van der Waals surface area contributed by atoms with E-state index in [0.29, 0.717) is 0 Å². The number of unbranched alkanes of at least 4 members (excludes halogenated alkanes) is 2. The predicted octanol–water partition coefficient (Wildman–Crippen LogP) is 2.88. The fraction of sp³-hybridized carbons (Fsp3) is 0.647. The lowest BCUT2D eigenvalue weighted by Gasteiger charge is -2.35. The van der Waals surface area contributed by atoms with Gasteiger partial charge in [-0.15, -0.1) is 0 Å². The standard InChI is InChI=1S/C17H28N4O/c1-3-4-5-8-15(2)19-17(22)21-13-11-20(12-14-21)16-9-6-7-10-18-16/h6-7,9-10,15H,3-5,8,11-14H2,1-2H3,(H,19,22). The van der Waals surface area contributed by atoms with E-state index in [-0.39, 0.29) is 12.1 Å². The van der Waals surface area contributed by atoms with Crippen LogP contribution in [0.3, 0.4) is 0 Å². The van der Waals surface area contributed by atoms with Gasteiger partial charge in [-0.25, -0.2) is 9.78 Å². The lowest BCUT2D eigenvalue weighted by Crippen LogP contribution is -2.53. The summed E-state index contributed by atoms with van der Waals surface area (Å²) in [4.78, 5) is 20.8. The molecule has 1 fully saturated rings. The molecule has 1 aliphatic heterocycles. The number of aromatic nitrogens is 1. The van der Waals surface area contributed by atoms with E-state index in [4.69, 9.17) is 0 Å². The van der Waals surface area contributed by atoms with Crippen LogP contribution in [-0.2, 0) is 0 Å². The van der Waals surface area contributed by atoms with Crippen LogP contribution in [0.25, 0.3) is 0 Å². The molecule has 2 rings (SSSR count). The monoisotopic (exact) mass is 304 g/mol. The van der Waals surface area contributed by atoms with Gasteiger partial charge in [0.1, 0.15) is 5.82 Å². The highest BCUT2D eigenvalue weighted by Gasteiger charge is 2.22. The maximum Gasteiger partial charge on any atom is 0.317 e. The first kappa shape index (κ1) is 16.6. The second-order valence-corrected chi connectivity index (χ2v) is 6.01. The topological polar surface area (TPSA) is 48.5 Å². The third-order valence-electron chi connectivity index (χ3n) is 4.15. The zero-order valence-corrected chi connectivity index (χ0v) is 13.8. The molecule has 22 heavy (non-hydrogen) atoms. The molecule has 0 saturated carbocycles. The predicted molar refractivity (Wildman–Crippen MR) is 90.2 cm³/mol. The number of urea groups is 1. The minimum absolute atomic E-state index is 0.0738. The Kier molecular flexibility index (Phi) is 6.49. The summed E-state index contributed by atoms with van der Waals surface area (Å²) in [7, 11) is 0. The maximum absolute atomic E-state index is 12.3. The van der Waals surface area contributed by atoms with Crippen LogP contribution in [0.2, 0.25) is 0 Å². The van der Waals surface area contributed by atoms with Gasteiger partial charge in [0.05, 0.1) is 0 Å². The van der Waals surface area contributed by atoms with Crippen LogP contribution in [0.1, 0.15) is 39.5 Å². The van der Waals surface area contributed by atoms with E-state index < -0.39 is 0 Å². The number of hydrogen-bond acceptors (Lipinski definition) is 3. The first-order valence-corrected chi connectivity index (χ1v) is 8.42. The number of anilines is 1. The van der Waals surface area contributed by atoms with Crippen molar-refractivity contribution in [3.05, 3.63) is 24.4 Å². The molecular formula is C17H28N4O. The van der Waals surface area contributed by atoms with Crippen molar-refractivity contribution in [3.63, 3.8) is 0 Å². The molecule has 1 aromatic heterocycles. The highest BCUT2D eigenvalue weighted by Crippen LogP contribution is 2.12. The molecule has 0 bridgehead atoms. The molecule has 5 nitrogen and oxygen atoms in total. The number of rotatable bonds is 6. The summed E-state index contributed by atoms with van der Waals surface area (Å²) in [5.41, 5.74) is 0. The van der Waals surface area contributed by atoms with Crippen molar-refractivity contribution >= 4 is 11.8 Å². The lowest BCUT2D eigenvalue weighted by atomic mass is 10.1. The molecule has 5 heteroatoms. The largest absolute Gasteiger partial charge is 0.353 e. The summed E-state index contributed by atoms with van der Waals surface area (Å²) >= 11 is 0. The van der Waals surface area contributed by atoms with Gasteiger partial charge in [-0.3, -0.25) is 0 Å². The number of nitrogens with zero attached hydrogens (tertiary/aromatic N) is 3. The lowest BCUT2D eigenvalue weighted by molar-refractivity contribution is 0.190. The Labute approximate surface area is 133 Å². The number of carbonyl (C=O) groups excluding carboxylic acids is 1. The number of pyridine rings is 1. The SMILES string of the molecule is CCCCCC(C)NC(=O)N1CCN(c2ccccn2)CC1. The Morgan fingerprint density at radius 2 is 2.05 bits per heavy atom. The summed E-state index contributed by atoms with van der Waals surface area (Å²) in [5.74, 6) is 0.996. The Bertz CT molecular complexity index is 443. The molecule has 1 aliphatic rings. The van der Waals surface area contributed by atoms with Crippen LogP contribution in [-0.4, -0.2) is 48.1 Å². The van der Waals surface area contributed by atoms with Crippen molar-refractivity contribution in [3.8, 4) is 0 Å². The smallest absolute Gasteiger partial charge is 0.317 e. The van der Waals surface area contributed by atoms with Gasteiger partial charge in [-0.2, -0.15) is 0 Å². The minimum atomic E-state index is 0.0738. The Hall–Kier alpha value is -1.78. The van der Waals surface area contributed by atoms with Crippen LogP contribution in [0.5, 0.6) is 0 Å². The van der Waals surface area contributed by atoms with E-state index in [1.807, 2.05) is 29.3 Å². The average Bonchev–Trinajstić information content (AvgIpc) is 2.56. The first-order chi connectivity index (χ1) is 10.7. The first-order valence-electron chi connectivity index (χ1n) is 8.42. The summed E-state index contributed by atoms with van der Waals surface area (Å²) in [6.07, 6.45) is 6.52. The maximum atomic E-state index is 12.3. The molecule has 122 valence electrons.